The zero-order valence-electron chi connectivity index (χ0n) is 22.8. The molecule has 2 aliphatic rings. The quantitative estimate of drug-likeness (QED) is 0.217. The Morgan fingerprint density at radius 3 is 1.73 bits per heavy atom. The average Bonchev–Trinajstić information content (AvgIpc) is 2.83. The van der Waals surface area contributed by atoms with Gasteiger partial charge in [-0.05, 0) is 62.9 Å². The molecule has 2 aliphatic carbocycles. The average molecular weight is 447 g/mol. The molecule has 0 radical (unpaired) electrons. The fourth-order valence-corrected chi connectivity index (χ4v) is 4.47. The lowest BCUT2D eigenvalue weighted by Crippen LogP contribution is -2.30. The van der Waals surface area contributed by atoms with Crippen molar-refractivity contribution in [1.29, 1.82) is 0 Å². The summed E-state index contributed by atoms with van der Waals surface area (Å²) in [4.78, 5) is 0. The Hall–Kier alpha value is 0.01000. The Labute approximate surface area is 198 Å². The SMILES string of the molecule is C=CC1CC(C)C1C.CC.CC.CCCCCC(S)C1(C)CCCCC1.CN.CN. The summed E-state index contributed by atoms with van der Waals surface area (Å²) in [5.41, 5.74) is 9.55. The van der Waals surface area contributed by atoms with E-state index < -0.39 is 0 Å². The highest BCUT2D eigenvalue weighted by atomic mass is 32.1. The van der Waals surface area contributed by atoms with E-state index in [1.54, 1.807) is 0 Å². The number of nitrogens with two attached hydrogens (primary N) is 2. The fraction of sp³-hybridized carbons (Fsp3) is 0.926. The first-order valence-corrected chi connectivity index (χ1v) is 13.4. The molecule has 0 spiro atoms. The van der Waals surface area contributed by atoms with Crippen LogP contribution in [0.5, 0.6) is 0 Å². The molecule has 0 heterocycles. The lowest BCUT2D eigenvalue weighted by atomic mass is 9.67. The third kappa shape index (κ3) is 16.7. The molecular formula is C27H62N2S. The molecule has 2 saturated carbocycles. The second kappa shape index (κ2) is 27.0. The lowest BCUT2D eigenvalue weighted by molar-refractivity contribution is 0.145. The van der Waals surface area contributed by atoms with Crippen molar-refractivity contribution in [2.75, 3.05) is 14.1 Å². The molecule has 4 unspecified atom stereocenters. The number of allylic oxidation sites excluding steroid dienone is 1. The van der Waals surface area contributed by atoms with Crippen molar-refractivity contribution in [3.8, 4) is 0 Å². The van der Waals surface area contributed by atoms with Gasteiger partial charge in [0.05, 0.1) is 0 Å². The van der Waals surface area contributed by atoms with Crippen LogP contribution in [0.3, 0.4) is 0 Å². The summed E-state index contributed by atoms with van der Waals surface area (Å²) in [5.74, 6) is 2.66. The van der Waals surface area contributed by atoms with Crippen LogP contribution < -0.4 is 11.5 Å². The number of rotatable bonds is 6. The van der Waals surface area contributed by atoms with Gasteiger partial charge in [0.25, 0.3) is 0 Å². The Morgan fingerprint density at radius 2 is 1.43 bits per heavy atom. The van der Waals surface area contributed by atoms with Gasteiger partial charge in [-0.3, -0.25) is 0 Å². The summed E-state index contributed by atoms with van der Waals surface area (Å²) in [6, 6.07) is 0. The zero-order chi connectivity index (χ0) is 24.6. The van der Waals surface area contributed by atoms with Gasteiger partial charge in [-0.2, -0.15) is 12.6 Å². The molecule has 0 saturated heterocycles. The van der Waals surface area contributed by atoms with E-state index in [2.05, 4.69) is 51.8 Å². The minimum Gasteiger partial charge on any atom is -0.333 e. The van der Waals surface area contributed by atoms with Crippen LogP contribution in [0.1, 0.15) is 120 Å². The maximum absolute atomic E-state index is 4.83. The van der Waals surface area contributed by atoms with Crippen molar-refractivity contribution in [3.05, 3.63) is 12.7 Å². The number of hydrogen-bond donors (Lipinski definition) is 3. The molecule has 0 aromatic rings. The molecule has 2 fully saturated rings. The molecule has 2 rings (SSSR count). The third-order valence-corrected chi connectivity index (χ3v) is 7.28. The first kappa shape index (κ1) is 37.3. The Balaban J connectivity index is -0.000000180. The Morgan fingerprint density at radius 1 is 0.967 bits per heavy atom. The molecule has 0 amide bonds. The first-order chi connectivity index (χ1) is 14.4. The molecule has 0 bridgehead atoms. The van der Waals surface area contributed by atoms with Crippen molar-refractivity contribution >= 4 is 12.6 Å². The Bertz CT molecular complexity index is 314. The van der Waals surface area contributed by atoms with Crippen molar-refractivity contribution in [3.63, 3.8) is 0 Å². The molecule has 186 valence electrons. The lowest BCUT2D eigenvalue weighted by Gasteiger charge is -2.38. The normalized spacial score (nSPS) is 23.8. The van der Waals surface area contributed by atoms with Crippen molar-refractivity contribution in [1.82, 2.24) is 0 Å². The molecule has 2 nitrogen and oxygen atoms in total. The van der Waals surface area contributed by atoms with Crippen molar-refractivity contribution in [2.45, 2.75) is 125 Å². The Kier molecular flexibility index (Phi) is 33.7. The largest absolute Gasteiger partial charge is 0.333 e. The van der Waals surface area contributed by atoms with Gasteiger partial charge in [0.2, 0.25) is 0 Å². The standard InChI is InChI=1S/C13H26S.C8H14.2C2H6.2CH5N/c1-3-4-6-9-12(14)13(2)10-7-5-8-11-13;1-4-8-5-6(2)7(8)3;4*1-2/h12,14H,3-11H2,1-2H3;4,6-8H,1,5H2,2-3H3;2*1-2H3;2*2H2,1H3. The summed E-state index contributed by atoms with van der Waals surface area (Å²) in [7, 11) is 3.00. The highest BCUT2D eigenvalue weighted by Crippen LogP contribution is 2.42. The molecule has 4 N–H and O–H groups in total. The van der Waals surface area contributed by atoms with Crippen LogP contribution in [0.25, 0.3) is 0 Å². The van der Waals surface area contributed by atoms with Crippen LogP contribution in [0.4, 0.5) is 0 Å². The van der Waals surface area contributed by atoms with Crippen molar-refractivity contribution < 1.29 is 0 Å². The smallest absolute Gasteiger partial charge is 0.00706 e. The predicted octanol–water partition coefficient (Wildman–Crippen LogP) is 8.50. The van der Waals surface area contributed by atoms with Gasteiger partial charge in [-0.15, -0.1) is 6.58 Å². The van der Waals surface area contributed by atoms with Gasteiger partial charge in [0, 0.05) is 5.25 Å². The number of unbranched alkanes of at least 4 members (excludes halogenated alkanes) is 2. The summed E-state index contributed by atoms with van der Waals surface area (Å²) < 4.78 is 0. The van der Waals surface area contributed by atoms with Crippen LogP contribution in [0.2, 0.25) is 0 Å². The van der Waals surface area contributed by atoms with E-state index in [1.165, 1.54) is 78.3 Å². The minimum atomic E-state index is 0.551. The topological polar surface area (TPSA) is 52.0 Å². The fourth-order valence-electron chi connectivity index (χ4n) is 4.02. The second-order valence-electron chi connectivity index (χ2n) is 8.20. The van der Waals surface area contributed by atoms with Gasteiger partial charge in [-0.1, -0.05) is 100.0 Å². The molecule has 4 atom stereocenters. The van der Waals surface area contributed by atoms with E-state index in [1.807, 2.05) is 27.7 Å². The van der Waals surface area contributed by atoms with E-state index in [9.17, 15) is 0 Å². The van der Waals surface area contributed by atoms with Crippen LogP contribution in [0.15, 0.2) is 12.7 Å². The molecule has 0 aliphatic heterocycles. The van der Waals surface area contributed by atoms with E-state index in [0.717, 1.165) is 17.8 Å². The maximum Gasteiger partial charge on any atom is 0.00706 e. The maximum atomic E-state index is 4.83. The van der Waals surface area contributed by atoms with Crippen LogP contribution in [-0.2, 0) is 0 Å². The highest BCUT2D eigenvalue weighted by molar-refractivity contribution is 7.81. The molecule has 0 aromatic heterocycles. The summed E-state index contributed by atoms with van der Waals surface area (Å²) in [6.45, 7) is 21.1. The van der Waals surface area contributed by atoms with Crippen LogP contribution in [-0.4, -0.2) is 19.3 Å². The summed E-state index contributed by atoms with van der Waals surface area (Å²) >= 11 is 4.83. The molecule has 0 aromatic carbocycles. The summed E-state index contributed by atoms with van der Waals surface area (Å²) in [6.07, 6.45) is 16.0. The van der Waals surface area contributed by atoms with E-state index in [-0.39, 0.29) is 0 Å². The summed E-state index contributed by atoms with van der Waals surface area (Å²) in [5, 5.41) is 0.648. The monoisotopic (exact) mass is 446 g/mol. The van der Waals surface area contributed by atoms with E-state index in [0.29, 0.717) is 10.7 Å². The van der Waals surface area contributed by atoms with Crippen molar-refractivity contribution in [2.24, 2.45) is 34.6 Å². The number of thiol groups is 1. The zero-order valence-corrected chi connectivity index (χ0v) is 23.7. The van der Waals surface area contributed by atoms with Gasteiger partial charge in [-0.25, -0.2) is 0 Å². The molecule has 30 heavy (non-hydrogen) atoms. The van der Waals surface area contributed by atoms with Crippen LogP contribution in [0, 0.1) is 23.2 Å². The van der Waals surface area contributed by atoms with E-state index in [4.69, 9.17) is 12.6 Å². The van der Waals surface area contributed by atoms with Gasteiger partial charge in [0.15, 0.2) is 0 Å². The van der Waals surface area contributed by atoms with Gasteiger partial charge < -0.3 is 11.5 Å². The first-order valence-electron chi connectivity index (χ1n) is 12.9. The highest BCUT2D eigenvalue weighted by Gasteiger charge is 2.32. The molecular weight excluding hydrogens is 384 g/mol. The molecule has 3 heteroatoms. The minimum absolute atomic E-state index is 0.551. The number of hydrogen-bond acceptors (Lipinski definition) is 3. The van der Waals surface area contributed by atoms with Crippen LogP contribution >= 0.6 is 12.6 Å². The van der Waals surface area contributed by atoms with Gasteiger partial charge >= 0.3 is 0 Å². The predicted molar refractivity (Wildman–Crippen MR) is 148 cm³/mol. The van der Waals surface area contributed by atoms with Gasteiger partial charge in [0.1, 0.15) is 0 Å². The third-order valence-electron chi connectivity index (χ3n) is 6.40. The van der Waals surface area contributed by atoms with E-state index >= 15 is 0 Å². The second-order valence-corrected chi connectivity index (χ2v) is 8.82.